The number of nitrogens with zero attached hydrogens (tertiary/aromatic N) is 4. The number of aromatic nitrogens is 1. The van der Waals surface area contributed by atoms with E-state index < -0.39 is 4.92 Å². The van der Waals surface area contributed by atoms with Crippen molar-refractivity contribution in [1.82, 2.24) is 4.98 Å². The number of hydrogen-bond donors (Lipinski definition) is 1. The summed E-state index contributed by atoms with van der Waals surface area (Å²) in [5.74, 6) is 1.13. The fourth-order valence-electron chi connectivity index (χ4n) is 3.21. The molecule has 0 spiro atoms. The fraction of sp³-hybridized carbons (Fsp3) is 0.368. The van der Waals surface area contributed by atoms with Crippen LogP contribution in [0.15, 0.2) is 36.5 Å². The van der Waals surface area contributed by atoms with Gasteiger partial charge in [-0.25, -0.2) is 4.98 Å². The molecule has 3 rings (SSSR count). The van der Waals surface area contributed by atoms with Crippen molar-refractivity contribution in [3.63, 3.8) is 0 Å². The molecule has 2 aromatic rings. The van der Waals surface area contributed by atoms with Gasteiger partial charge in [-0.3, -0.25) is 10.1 Å². The Hall–Kier alpha value is -3.34. The number of nitriles is 1. The predicted molar refractivity (Wildman–Crippen MR) is 102 cm³/mol. The Bertz CT molecular complexity index is 839. The van der Waals surface area contributed by atoms with Crippen LogP contribution >= 0.6 is 0 Å². The van der Waals surface area contributed by atoms with Crippen molar-refractivity contribution < 1.29 is 9.66 Å². The first-order valence-electron chi connectivity index (χ1n) is 8.90. The first-order valence-corrected chi connectivity index (χ1v) is 8.90. The van der Waals surface area contributed by atoms with Crippen LogP contribution in [-0.4, -0.2) is 35.6 Å². The quantitative estimate of drug-likeness (QED) is 0.616. The van der Waals surface area contributed by atoms with Gasteiger partial charge in [-0.2, -0.15) is 5.26 Å². The van der Waals surface area contributed by atoms with Gasteiger partial charge >= 0.3 is 5.69 Å². The van der Waals surface area contributed by atoms with Crippen molar-refractivity contribution in [3.05, 3.63) is 52.2 Å². The summed E-state index contributed by atoms with van der Waals surface area (Å²) < 4.78 is 5.40. The summed E-state index contributed by atoms with van der Waals surface area (Å²) in [6.07, 6.45) is 3.23. The van der Waals surface area contributed by atoms with Crippen LogP contribution in [-0.2, 0) is 0 Å². The summed E-state index contributed by atoms with van der Waals surface area (Å²) in [5, 5.41) is 23.7. The number of piperidine rings is 1. The molecule has 0 unspecified atom stereocenters. The molecule has 1 N–H and O–H groups in total. The Labute approximate surface area is 157 Å². The lowest BCUT2D eigenvalue weighted by molar-refractivity contribution is -0.385. The van der Waals surface area contributed by atoms with E-state index in [1.165, 1.54) is 0 Å². The number of pyridine rings is 1. The van der Waals surface area contributed by atoms with E-state index in [1.54, 1.807) is 37.4 Å². The molecule has 2 heterocycles. The van der Waals surface area contributed by atoms with Gasteiger partial charge in [0.25, 0.3) is 0 Å². The minimum atomic E-state index is -0.400. The Morgan fingerprint density at radius 1 is 1.37 bits per heavy atom. The molecular formula is C19H21N5O3. The number of hydrogen-bond acceptors (Lipinski definition) is 7. The van der Waals surface area contributed by atoms with E-state index in [9.17, 15) is 10.1 Å². The normalized spacial score (nSPS) is 14.4. The van der Waals surface area contributed by atoms with Gasteiger partial charge in [-0.15, -0.1) is 0 Å². The Morgan fingerprint density at radius 2 is 2.15 bits per heavy atom. The van der Waals surface area contributed by atoms with Gasteiger partial charge in [0.05, 0.1) is 17.1 Å². The van der Waals surface area contributed by atoms with Gasteiger partial charge in [0.1, 0.15) is 17.6 Å². The monoisotopic (exact) mass is 367 g/mol. The summed E-state index contributed by atoms with van der Waals surface area (Å²) in [6, 6.07) is 10.9. The lowest BCUT2D eigenvalue weighted by atomic mass is 10.0. The van der Waals surface area contributed by atoms with Crippen molar-refractivity contribution in [2.45, 2.75) is 25.8 Å². The molecule has 0 bridgehead atoms. The van der Waals surface area contributed by atoms with E-state index in [2.05, 4.69) is 21.3 Å². The molecular weight excluding hydrogens is 346 g/mol. The van der Waals surface area contributed by atoms with Crippen LogP contribution < -0.4 is 15.0 Å². The zero-order valence-electron chi connectivity index (χ0n) is 15.1. The maximum absolute atomic E-state index is 11.5. The standard InChI is InChI=1S/C19H21N5O3/c1-2-27-17-5-3-4-16(19(17)24(25)26)22-15-8-10-23(11-9-15)18-7-6-14(12-20)13-21-18/h3-7,13,15,22H,2,8-11H2,1H3. The van der Waals surface area contributed by atoms with Crippen molar-refractivity contribution in [3.8, 4) is 11.8 Å². The predicted octanol–water partition coefficient (Wildman–Crippen LogP) is 3.34. The van der Waals surface area contributed by atoms with E-state index in [-0.39, 0.29) is 17.5 Å². The summed E-state index contributed by atoms with van der Waals surface area (Å²) in [7, 11) is 0. The molecule has 27 heavy (non-hydrogen) atoms. The molecule has 0 amide bonds. The molecule has 0 saturated carbocycles. The maximum atomic E-state index is 11.5. The second-order valence-electron chi connectivity index (χ2n) is 6.26. The van der Waals surface area contributed by atoms with Crippen molar-refractivity contribution in [2.24, 2.45) is 0 Å². The van der Waals surface area contributed by atoms with Gasteiger partial charge in [-0.05, 0) is 44.0 Å². The highest BCUT2D eigenvalue weighted by Gasteiger charge is 2.25. The molecule has 1 aliphatic heterocycles. The van der Waals surface area contributed by atoms with Gasteiger partial charge in [-0.1, -0.05) is 6.07 Å². The van der Waals surface area contributed by atoms with Gasteiger partial charge in [0.2, 0.25) is 0 Å². The number of ether oxygens (including phenoxy) is 1. The Morgan fingerprint density at radius 3 is 2.74 bits per heavy atom. The van der Waals surface area contributed by atoms with Crippen LogP contribution in [0.5, 0.6) is 5.75 Å². The smallest absolute Gasteiger partial charge is 0.333 e. The molecule has 8 heteroatoms. The highest BCUT2D eigenvalue weighted by molar-refractivity contribution is 5.68. The van der Waals surface area contributed by atoms with Gasteiger partial charge < -0.3 is 15.0 Å². The molecule has 140 valence electrons. The van der Waals surface area contributed by atoms with Crippen LogP contribution in [0.3, 0.4) is 0 Å². The number of rotatable bonds is 6. The van der Waals surface area contributed by atoms with Crippen LogP contribution in [0, 0.1) is 21.4 Å². The molecule has 1 fully saturated rings. The summed E-state index contributed by atoms with van der Waals surface area (Å²) in [5.41, 5.74) is 1.01. The molecule has 0 aliphatic carbocycles. The second-order valence-corrected chi connectivity index (χ2v) is 6.26. The minimum Gasteiger partial charge on any atom is -0.487 e. The average Bonchev–Trinajstić information content (AvgIpc) is 2.69. The number of benzene rings is 1. The average molecular weight is 367 g/mol. The van der Waals surface area contributed by atoms with Crippen molar-refractivity contribution in [2.75, 3.05) is 29.9 Å². The Kier molecular flexibility index (Phi) is 5.71. The number of nitro groups is 1. The highest BCUT2D eigenvalue weighted by Crippen LogP contribution is 2.36. The van der Waals surface area contributed by atoms with E-state index in [4.69, 9.17) is 10.00 Å². The van der Waals surface area contributed by atoms with E-state index in [0.29, 0.717) is 17.9 Å². The summed E-state index contributed by atoms with van der Waals surface area (Å²) in [6.45, 7) is 3.75. The molecule has 1 saturated heterocycles. The SMILES string of the molecule is CCOc1cccc(NC2CCN(c3ccc(C#N)cn3)CC2)c1[N+](=O)[O-]. The van der Waals surface area contributed by atoms with Crippen LogP contribution in [0.4, 0.5) is 17.2 Å². The van der Waals surface area contributed by atoms with Crippen LogP contribution in [0.1, 0.15) is 25.3 Å². The zero-order chi connectivity index (χ0) is 19.2. The van der Waals surface area contributed by atoms with Crippen LogP contribution in [0.2, 0.25) is 0 Å². The van der Waals surface area contributed by atoms with Crippen molar-refractivity contribution in [1.29, 1.82) is 5.26 Å². The highest BCUT2D eigenvalue weighted by atomic mass is 16.6. The molecule has 0 atom stereocenters. The first-order chi connectivity index (χ1) is 13.1. The maximum Gasteiger partial charge on any atom is 0.333 e. The third-order valence-corrected chi connectivity index (χ3v) is 4.54. The number of para-hydroxylation sites is 1. The third-order valence-electron chi connectivity index (χ3n) is 4.54. The molecule has 1 aromatic carbocycles. The number of anilines is 2. The van der Waals surface area contributed by atoms with Gasteiger partial charge in [0.15, 0.2) is 5.75 Å². The number of nitro benzene ring substituents is 1. The van der Waals surface area contributed by atoms with E-state index >= 15 is 0 Å². The van der Waals surface area contributed by atoms with E-state index in [0.717, 1.165) is 31.7 Å². The molecule has 8 nitrogen and oxygen atoms in total. The number of nitrogens with one attached hydrogen (secondary N) is 1. The first kappa shape index (κ1) is 18.5. The zero-order valence-corrected chi connectivity index (χ0v) is 15.1. The molecule has 1 aromatic heterocycles. The lowest BCUT2D eigenvalue weighted by Gasteiger charge is -2.33. The second kappa shape index (κ2) is 8.36. The molecule has 0 radical (unpaired) electrons. The van der Waals surface area contributed by atoms with Gasteiger partial charge in [0, 0.05) is 25.3 Å². The van der Waals surface area contributed by atoms with Crippen molar-refractivity contribution >= 4 is 17.2 Å². The topological polar surface area (TPSA) is 104 Å². The third kappa shape index (κ3) is 4.26. The summed E-state index contributed by atoms with van der Waals surface area (Å²) >= 11 is 0. The largest absolute Gasteiger partial charge is 0.487 e. The van der Waals surface area contributed by atoms with E-state index in [1.807, 2.05) is 6.07 Å². The fourth-order valence-corrected chi connectivity index (χ4v) is 3.21. The Balaban J connectivity index is 1.66. The molecule has 1 aliphatic rings. The lowest BCUT2D eigenvalue weighted by Crippen LogP contribution is -2.39. The summed E-state index contributed by atoms with van der Waals surface area (Å²) in [4.78, 5) is 17.6. The minimum absolute atomic E-state index is 0.0180. The van der Waals surface area contributed by atoms with Crippen LogP contribution in [0.25, 0.3) is 0 Å².